The summed E-state index contributed by atoms with van der Waals surface area (Å²) in [6, 6.07) is 9.81. The van der Waals surface area contributed by atoms with E-state index in [2.05, 4.69) is 17.2 Å². The molecule has 108 valence electrons. The van der Waals surface area contributed by atoms with Gasteiger partial charge in [-0.15, -0.1) is 11.3 Å². The van der Waals surface area contributed by atoms with Crippen LogP contribution in [-0.4, -0.2) is 17.6 Å². The quantitative estimate of drug-likeness (QED) is 0.856. The maximum atomic E-state index is 12.2. The molecule has 1 amide bonds. The number of hydrogen-bond donors (Lipinski definition) is 2. The minimum absolute atomic E-state index is 0.0941. The van der Waals surface area contributed by atoms with Crippen LogP contribution in [0.2, 0.25) is 0 Å². The van der Waals surface area contributed by atoms with Gasteiger partial charge in [-0.05, 0) is 36.6 Å². The van der Waals surface area contributed by atoms with Gasteiger partial charge in [0.2, 0.25) is 0 Å². The van der Waals surface area contributed by atoms with Crippen molar-refractivity contribution in [2.24, 2.45) is 0 Å². The molecule has 0 radical (unpaired) electrons. The average molecular weight is 299 g/mol. The van der Waals surface area contributed by atoms with Crippen LogP contribution in [0.4, 0.5) is 0 Å². The summed E-state index contributed by atoms with van der Waals surface area (Å²) < 4.78 is 0. The van der Waals surface area contributed by atoms with Gasteiger partial charge in [0, 0.05) is 6.54 Å². The molecule has 2 N–H and O–H groups in total. The molecule has 0 saturated heterocycles. The van der Waals surface area contributed by atoms with E-state index >= 15 is 0 Å². The molecule has 0 aliphatic carbocycles. The lowest BCUT2D eigenvalue weighted by Crippen LogP contribution is -2.22. The number of aliphatic hydroxyl groups is 1. The number of thiophene rings is 1. The minimum atomic E-state index is -0.174. The number of nitrogens with one attached hydrogen (secondary N) is 1. The van der Waals surface area contributed by atoms with Gasteiger partial charge >= 0.3 is 0 Å². The van der Waals surface area contributed by atoms with E-state index in [0.29, 0.717) is 11.4 Å². The summed E-state index contributed by atoms with van der Waals surface area (Å²) in [5.74, 6) is 5.37. The smallest absolute Gasteiger partial charge is 0.261 e. The van der Waals surface area contributed by atoms with Gasteiger partial charge in [-0.25, -0.2) is 0 Å². The van der Waals surface area contributed by atoms with Crippen LogP contribution in [0.1, 0.15) is 31.2 Å². The van der Waals surface area contributed by atoms with Crippen molar-refractivity contribution in [1.29, 1.82) is 0 Å². The molecular weight excluding hydrogens is 282 g/mol. The van der Waals surface area contributed by atoms with Gasteiger partial charge in [0.1, 0.15) is 6.61 Å². The second kappa shape index (κ2) is 7.07. The molecule has 2 aromatic rings. The predicted octanol–water partition coefficient (Wildman–Crippen LogP) is 2.64. The molecule has 1 aromatic carbocycles. The Kier molecular flexibility index (Phi) is 5.15. The maximum absolute atomic E-state index is 12.2. The lowest BCUT2D eigenvalue weighted by atomic mass is 10.1. The van der Waals surface area contributed by atoms with Gasteiger partial charge in [0.15, 0.2) is 0 Å². The summed E-state index contributed by atoms with van der Waals surface area (Å²) in [7, 11) is 0. The van der Waals surface area contributed by atoms with Gasteiger partial charge in [0.05, 0.1) is 9.75 Å². The highest BCUT2D eigenvalue weighted by Crippen LogP contribution is 2.21. The van der Waals surface area contributed by atoms with E-state index in [1.165, 1.54) is 11.3 Å². The van der Waals surface area contributed by atoms with Crippen LogP contribution in [0.15, 0.2) is 30.3 Å². The molecule has 0 unspecified atom stereocenters. The van der Waals surface area contributed by atoms with E-state index in [9.17, 15) is 4.79 Å². The van der Waals surface area contributed by atoms with Crippen molar-refractivity contribution in [2.75, 3.05) is 6.61 Å². The molecule has 0 atom stereocenters. The maximum Gasteiger partial charge on any atom is 0.261 e. The van der Waals surface area contributed by atoms with E-state index in [0.717, 1.165) is 21.6 Å². The summed E-state index contributed by atoms with van der Waals surface area (Å²) in [6.07, 6.45) is 0. The van der Waals surface area contributed by atoms with Crippen LogP contribution in [-0.2, 0) is 6.54 Å². The highest BCUT2D eigenvalue weighted by Gasteiger charge is 2.11. The van der Waals surface area contributed by atoms with Gasteiger partial charge in [-0.2, -0.15) is 0 Å². The molecule has 21 heavy (non-hydrogen) atoms. The van der Waals surface area contributed by atoms with E-state index in [1.807, 2.05) is 44.2 Å². The van der Waals surface area contributed by atoms with E-state index in [-0.39, 0.29) is 12.5 Å². The van der Waals surface area contributed by atoms with Crippen molar-refractivity contribution in [3.05, 3.63) is 56.8 Å². The lowest BCUT2D eigenvalue weighted by molar-refractivity contribution is 0.0955. The Balaban J connectivity index is 2.06. The Bertz CT molecular complexity index is 707. The van der Waals surface area contributed by atoms with Gasteiger partial charge in [-0.3, -0.25) is 4.79 Å². The van der Waals surface area contributed by atoms with Gasteiger partial charge in [-0.1, -0.05) is 36.1 Å². The molecule has 0 saturated carbocycles. The van der Waals surface area contributed by atoms with Crippen molar-refractivity contribution in [3.63, 3.8) is 0 Å². The normalized spacial score (nSPS) is 9.86. The Morgan fingerprint density at radius 2 is 2.05 bits per heavy atom. The van der Waals surface area contributed by atoms with E-state index in [4.69, 9.17) is 5.11 Å². The Labute approximate surface area is 128 Å². The summed E-state index contributed by atoms with van der Waals surface area (Å²) in [4.78, 5) is 13.6. The predicted molar refractivity (Wildman–Crippen MR) is 85.4 cm³/mol. The number of hydrogen-bond acceptors (Lipinski definition) is 3. The van der Waals surface area contributed by atoms with Crippen LogP contribution in [0.25, 0.3) is 0 Å². The van der Waals surface area contributed by atoms with Crippen LogP contribution < -0.4 is 5.32 Å². The number of rotatable bonds is 3. The lowest BCUT2D eigenvalue weighted by Gasteiger charge is -2.06. The second-order valence-electron chi connectivity index (χ2n) is 4.69. The van der Waals surface area contributed by atoms with Crippen LogP contribution in [0.5, 0.6) is 0 Å². The number of carbonyl (C=O) groups excluding carboxylic acids is 1. The molecule has 0 fully saturated rings. The molecule has 3 nitrogen and oxygen atoms in total. The summed E-state index contributed by atoms with van der Waals surface area (Å²) in [6.45, 7) is 4.28. The first-order chi connectivity index (χ1) is 10.1. The summed E-state index contributed by atoms with van der Waals surface area (Å²) >= 11 is 1.35. The fourth-order valence-electron chi connectivity index (χ4n) is 1.91. The SMILES string of the molecule is Cc1ccccc1CNC(=O)c1cc(C)c(C#CCO)s1. The first kappa shape index (κ1) is 15.3. The van der Waals surface area contributed by atoms with Crippen molar-refractivity contribution in [3.8, 4) is 11.8 Å². The zero-order valence-corrected chi connectivity index (χ0v) is 12.9. The third-order valence-corrected chi connectivity index (χ3v) is 4.27. The first-order valence-corrected chi connectivity index (χ1v) is 7.46. The summed E-state index contributed by atoms with van der Waals surface area (Å²) in [5.41, 5.74) is 3.23. The van der Waals surface area contributed by atoms with Crippen molar-refractivity contribution in [2.45, 2.75) is 20.4 Å². The largest absolute Gasteiger partial charge is 0.384 e. The van der Waals surface area contributed by atoms with Crippen molar-refractivity contribution >= 4 is 17.2 Å². The standard InChI is InChI=1S/C17H17NO2S/c1-12-6-3-4-7-14(12)11-18-17(20)16-10-13(2)15(21-16)8-5-9-19/h3-4,6-7,10,19H,9,11H2,1-2H3,(H,18,20). The highest BCUT2D eigenvalue weighted by atomic mass is 32.1. The number of aliphatic hydroxyl groups excluding tert-OH is 1. The molecule has 0 aliphatic heterocycles. The van der Waals surface area contributed by atoms with Crippen molar-refractivity contribution < 1.29 is 9.90 Å². The zero-order chi connectivity index (χ0) is 15.2. The fraction of sp³-hybridized carbons (Fsp3) is 0.235. The van der Waals surface area contributed by atoms with Crippen LogP contribution >= 0.6 is 11.3 Å². The first-order valence-electron chi connectivity index (χ1n) is 6.64. The topological polar surface area (TPSA) is 49.3 Å². The Morgan fingerprint density at radius 1 is 1.29 bits per heavy atom. The molecular formula is C17H17NO2S. The fourth-order valence-corrected chi connectivity index (χ4v) is 2.87. The number of amides is 1. The Hall–Kier alpha value is -2.09. The number of benzene rings is 1. The van der Waals surface area contributed by atoms with Crippen LogP contribution in [0.3, 0.4) is 0 Å². The molecule has 1 aromatic heterocycles. The molecule has 1 heterocycles. The van der Waals surface area contributed by atoms with Gasteiger partial charge < -0.3 is 10.4 Å². The van der Waals surface area contributed by atoms with Crippen LogP contribution in [0, 0.1) is 25.7 Å². The molecule has 2 rings (SSSR count). The van der Waals surface area contributed by atoms with Crippen molar-refractivity contribution in [1.82, 2.24) is 5.32 Å². The highest BCUT2D eigenvalue weighted by molar-refractivity contribution is 7.14. The molecule has 4 heteroatoms. The van der Waals surface area contributed by atoms with Gasteiger partial charge in [0.25, 0.3) is 5.91 Å². The average Bonchev–Trinajstić information content (AvgIpc) is 2.85. The summed E-state index contributed by atoms with van der Waals surface area (Å²) in [5, 5.41) is 11.6. The Morgan fingerprint density at radius 3 is 2.76 bits per heavy atom. The van der Waals surface area contributed by atoms with E-state index < -0.39 is 0 Å². The number of aryl methyl sites for hydroxylation is 2. The van der Waals surface area contributed by atoms with E-state index in [1.54, 1.807) is 0 Å². The third kappa shape index (κ3) is 3.94. The molecule has 0 spiro atoms. The monoisotopic (exact) mass is 299 g/mol. The second-order valence-corrected chi connectivity index (χ2v) is 5.74. The third-order valence-electron chi connectivity index (χ3n) is 3.12. The molecule has 0 bridgehead atoms. The zero-order valence-electron chi connectivity index (χ0n) is 12.1. The number of carbonyl (C=O) groups is 1. The minimum Gasteiger partial charge on any atom is -0.384 e. The molecule has 0 aliphatic rings.